The lowest BCUT2D eigenvalue weighted by Gasteiger charge is -2.10. The van der Waals surface area contributed by atoms with E-state index >= 15 is 0 Å². The highest BCUT2D eigenvalue weighted by Crippen LogP contribution is 2.23. The van der Waals surface area contributed by atoms with Crippen molar-refractivity contribution >= 4 is 29.3 Å². The SMILES string of the molecule is Cc1ccccc1NC(=O)/C(C#N)=C/c1ccccc1OCc1ccc(Cl)cc1. The Balaban J connectivity index is 1.78. The third kappa shape index (κ3) is 5.47. The number of halogens is 1. The van der Waals surface area contributed by atoms with Crippen LogP contribution in [0.5, 0.6) is 5.75 Å². The summed E-state index contributed by atoms with van der Waals surface area (Å²) in [7, 11) is 0. The molecule has 0 radical (unpaired) electrons. The van der Waals surface area contributed by atoms with E-state index in [0.29, 0.717) is 28.6 Å². The molecule has 1 amide bonds. The first kappa shape index (κ1) is 20.2. The van der Waals surface area contributed by atoms with Gasteiger partial charge in [0.15, 0.2) is 0 Å². The first-order valence-corrected chi connectivity index (χ1v) is 9.39. The molecule has 3 aromatic rings. The molecule has 0 atom stereocenters. The van der Waals surface area contributed by atoms with E-state index in [1.54, 1.807) is 30.3 Å². The van der Waals surface area contributed by atoms with Gasteiger partial charge in [-0.1, -0.05) is 60.1 Å². The van der Waals surface area contributed by atoms with Crippen LogP contribution >= 0.6 is 11.6 Å². The van der Waals surface area contributed by atoms with Crippen LogP contribution in [0.2, 0.25) is 5.02 Å². The number of ether oxygens (including phenoxy) is 1. The highest BCUT2D eigenvalue weighted by atomic mass is 35.5. The highest BCUT2D eigenvalue weighted by molar-refractivity contribution is 6.30. The van der Waals surface area contributed by atoms with Crippen LogP contribution in [0, 0.1) is 18.3 Å². The minimum absolute atomic E-state index is 0.00389. The maximum absolute atomic E-state index is 12.6. The number of nitriles is 1. The van der Waals surface area contributed by atoms with Gasteiger partial charge in [-0.15, -0.1) is 0 Å². The lowest BCUT2D eigenvalue weighted by Crippen LogP contribution is -2.14. The van der Waals surface area contributed by atoms with Crippen LogP contribution in [0.25, 0.3) is 6.08 Å². The van der Waals surface area contributed by atoms with Gasteiger partial charge in [-0.2, -0.15) is 5.26 Å². The van der Waals surface area contributed by atoms with Crippen LogP contribution in [0.15, 0.2) is 78.4 Å². The van der Waals surface area contributed by atoms with Crippen LogP contribution in [0.1, 0.15) is 16.7 Å². The summed E-state index contributed by atoms with van der Waals surface area (Å²) in [5.74, 6) is 0.119. The van der Waals surface area contributed by atoms with Crippen molar-refractivity contribution in [2.24, 2.45) is 0 Å². The van der Waals surface area contributed by atoms with Gasteiger partial charge < -0.3 is 10.1 Å². The Labute approximate surface area is 175 Å². The lowest BCUT2D eigenvalue weighted by molar-refractivity contribution is -0.112. The van der Waals surface area contributed by atoms with Crippen molar-refractivity contribution in [3.05, 3.63) is 100 Å². The Hall–Kier alpha value is -3.55. The van der Waals surface area contributed by atoms with Gasteiger partial charge in [-0.25, -0.2) is 0 Å². The van der Waals surface area contributed by atoms with Gasteiger partial charge in [0, 0.05) is 16.3 Å². The number of nitrogens with one attached hydrogen (secondary N) is 1. The summed E-state index contributed by atoms with van der Waals surface area (Å²) < 4.78 is 5.90. The molecule has 0 heterocycles. The highest BCUT2D eigenvalue weighted by Gasteiger charge is 2.12. The average molecular weight is 403 g/mol. The number of anilines is 1. The summed E-state index contributed by atoms with van der Waals surface area (Å²) in [4.78, 5) is 12.6. The first-order valence-electron chi connectivity index (χ1n) is 9.02. The maximum atomic E-state index is 12.6. The molecule has 0 aliphatic carbocycles. The summed E-state index contributed by atoms with van der Waals surface area (Å²) in [6.07, 6.45) is 1.53. The molecule has 0 aromatic heterocycles. The van der Waals surface area contributed by atoms with Crippen molar-refractivity contribution in [2.75, 3.05) is 5.32 Å². The van der Waals surface area contributed by atoms with Gasteiger partial charge in [0.25, 0.3) is 5.91 Å². The molecule has 0 saturated heterocycles. The van der Waals surface area contributed by atoms with Gasteiger partial charge in [0.2, 0.25) is 0 Å². The molecule has 144 valence electrons. The van der Waals surface area contributed by atoms with Gasteiger partial charge in [0.1, 0.15) is 24.0 Å². The van der Waals surface area contributed by atoms with Crippen molar-refractivity contribution in [2.45, 2.75) is 13.5 Å². The number of amides is 1. The van der Waals surface area contributed by atoms with Crippen LogP contribution in [-0.4, -0.2) is 5.91 Å². The van der Waals surface area contributed by atoms with Crippen LogP contribution in [0.3, 0.4) is 0 Å². The topological polar surface area (TPSA) is 62.1 Å². The molecule has 5 heteroatoms. The molecule has 1 N–H and O–H groups in total. The average Bonchev–Trinajstić information content (AvgIpc) is 2.74. The number of nitrogens with zero attached hydrogens (tertiary/aromatic N) is 1. The van der Waals surface area contributed by atoms with Gasteiger partial charge in [0.05, 0.1) is 0 Å². The van der Waals surface area contributed by atoms with Gasteiger partial charge in [-0.3, -0.25) is 4.79 Å². The molecule has 0 spiro atoms. The summed E-state index contributed by atoms with van der Waals surface area (Å²) in [5.41, 5.74) is 3.20. The number of rotatable bonds is 6. The molecule has 0 fully saturated rings. The second-order valence-electron chi connectivity index (χ2n) is 6.39. The second kappa shape index (κ2) is 9.59. The Morgan fingerprint density at radius 3 is 2.48 bits per heavy atom. The molecule has 3 rings (SSSR count). The zero-order valence-corrected chi connectivity index (χ0v) is 16.6. The third-order valence-electron chi connectivity index (χ3n) is 4.28. The fourth-order valence-electron chi connectivity index (χ4n) is 2.68. The zero-order chi connectivity index (χ0) is 20.6. The molecule has 0 aliphatic heterocycles. The maximum Gasteiger partial charge on any atom is 0.266 e. The van der Waals surface area contributed by atoms with E-state index in [1.807, 2.05) is 55.5 Å². The van der Waals surface area contributed by atoms with E-state index in [2.05, 4.69) is 5.32 Å². The van der Waals surface area contributed by atoms with Crippen molar-refractivity contribution in [3.8, 4) is 11.8 Å². The Kier molecular flexibility index (Phi) is 6.67. The Morgan fingerprint density at radius 2 is 1.76 bits per heavy atom. The Morgan fingerprint density at radius 1 is 1.07 bits per heavy atom. The summed E-state index contributed by atoms with van der Waals surface area (Å²) >= 11 is 5.91. The van der Waals surface area contributed by atoms with Gasteiger partial charge >= 0.3 is 0 Å². The second-order valence-corrected chi connectivity index (χ2v) is 6.83. The molecule has 0 aliphatic rings. The van der Waals surface area contributed by atoms with Crippen LogP contribution in [0.4, 0.5) is 5.69 Å². The molecular formula is C24H19ClN2O2. The third-order valence-corrected chi connectivity index (χ3v) is 4.54. The predicted molar refractivity (Wildman–Crippen MR) is 116 cm³/mol. The molecule has 3 aromatic carbocycles. The number of hydrogen-bond acceptors (Lipinski definition) is 3. The quantitative estimate of drug-likeness (QED) is 0.420. The van der Waals surface area contributed by atoms with Crippen molar-refractivity contribution in [1.29, 1.82) is 5.26 Å². The molecule has 0 unspecified atom stereocenters. The normalized spacial score (nSPS) is 10.9. The fraction of sp³-hybridized carbons (Fsp3) is 0.0833. The smallest absolute Gasteiger partial charge is 0.266 e. The summed E-state index contributed by atoms with van der Waals surface area (Å²) in [6, 6.07) is 24.0. The van der Waals surface area contributed by atoms with E-state index < -0.39 is 5.91 Å². The largest absolute Gasteiger partial charge is 0.488 e. The monoisotopic (exact) mass is 402 g/mol. The number of para-hydroxylation sites is 2. The minimum Gasteiger partial charge on any atom is -0.488 e. The Bertz CT molecular complexity index is 1080. The number of carbonyl (C=O) groups excluding carboxylic acids is 1. The number of aryl methyl sites for hydroxylation is 1. The van der Waals surface area contributed by atoms with Crippen molar-refractivity contribution < 1.29 is 9.53 Å². The first-order chi connectivity index (χ1) is 14.1. The summed E-state index contributed by atoms with van der Waals surface area (Å²) in [5, 5.41) is 12.9. The van der Waals surface area contributed by atoms with Crippen molar-refractivity contribution in [1.82, 2.24) is 0 Å². The zero-order valence-electron chi connectivity index (χ0n) is 15.9. The number of carbonyl (C=O) groups is 1. The van der Waals surface area contributed by atoms with Crippen LogP contribution < -0.4 is 10.1 Å². The molecule has 0 saturated carbocycles. The number of hydrogen-bond donors (Lipinski definition) is 1. The van der Waals surface area contributed by atoms with Crippen LogP contribution in [-0.2, 0) is 11.4 Å². The van der Waals surface area contributed by atoms with E-state index in [-0.39, 0.29) is 5.57 Å². The number of benzene rings is 3. The molecule has 29 heavy (non-hydrogen) atoms. The van der Waals surface area contributed by atoms with Gasteiger partial charge in [-0.05, 0) is 48.4 Å². The van der Waals surface area contributed by atoms with E-state index in [4.69, 9.17) is 16.3 Å². The predicted octanol–water partition coefficient (Wildman–Crippen LogP) is 5.77. The molecular weight excluding hydrogens is 384 g/mol. The van der Waals surface area contributed by atoms with E-state index in [1.165, 1.54) is 6.08 Å². The van der Waals surface area contributed by atoms with Crippen molar-refractivity contribution in [3.63, 3.8) is 0 Å². The molecule has 0 bridgehead atoms. The molecule has 4 nitrogen and oxygen atoms in total. The van der Waals surface area contributed by atoms with E-state index in [0.717, 1.165) is 11.1 Å². The summed E-state index contributed by atoms with van der Waals surface area (Å²) in [6.45, 7) is 2.24. The lowest BCUT2D eigenvalue weighted by atomic mass is 10.1. The standard InChI is InChI=1S/C24H19ClN2O2/c1-17-6-2-4-8-22(17)27-24(28)20(15-26)14-19-7-3-5-9-23(19)29-16-18-10-12-21(25)13-11-18/h2-14H,16H2,1H3,(H,27,28)/b20-14+. The van der Waals surface area contributed by atoms with E-state index in [9.17, 15) is 10.1 Å². The fourth-order valence-corrected chi connectivity index (χ4v) is 2.81. The minimum atomic E-state index is -0.464.